The molecule has 2 aliphatic heterocycles. The summed E-state index contributed by atoms with van der Waals surface area (Å²) >= 11 is 0. The maximum absolute atomic E-state index is 10.7. The van der Waals surface area contributed by atoms with Crippen molar-refractivity contribution in [2.45, 2.75) is 38.4 Å². The van der Waals surface area contributed by atoms with Crippen molar-refractivity contribution in [1.29, 1.82) is 0 Å². The van der Waals surface area contributed by atoms with Crippen molar-refractivity contribution in [2.24, 2.45) is 0 Å². The average Bonchev–Trinajstić information content (AvgIpc) is 3.46. The Hall–Kier alpha value is -4.04. The molecule has 0 amide bonds. The highest BCUT2D eigenvalue weighted by molar-refractivity contribution is 6.13. The van der Waals surface area contributed by atoms with Gasteiger partial charge in [0, 0.05) is 27.5 Å². The topological polar surface area (TPSA) is 102 Å². The molecule has 3 N–H and O–H groups in total. The second kappa shape index (κ2) is 8.49. The zero-order valence-corrected chi connectivity index (χ0v) is 22.3. The molecule has 0 radical (unpaired) electrons. The summed E-state index contributed by atoms with van der Waals surface area (Å²) in [5.41, 5.74) is 5.01. The van der Waals surface area contributed by atoms with Crippen molar-refractivity contribution in [3.63, 3.8) is 0 Å². The van der Waals surface area contributed by atoms with Crippen LogP contribution in [0.1, 0.15) is 48.1 Å². The molecule has 0 bridgehead atoms. The maximum atomic E-state index is 10.7. The third-order valence-electron chi connectivity index (χ3n) is 7.57. The van der Waals surface area contributed by atoms with Crippen LogP contribution in [0.2, 0.25) is 0 Å². The van der Waals surface area contributed by atoms with Crippen LogP contribution >= 0.6 is 0 Å². The minimum absolute atomic E-state index is 0.0935. The van der Waals surface area contributed by atoms with E-state index in [4.69, 9.17) is 23.7 Å². The van der Waals surface area contributed by atoms with Gasteiger partial charge >= 0.3 is 0 Å². The number of H-pyrrole nitrogens is 1. The Balaban J connectivity index is 1.59. The van der Waals surface area contributed by atoms with Crippen molar-refractivity contribution >= 4 is 27.9 Å². The van der Waals surface area contributed by atoms with Gasteiger partial charge in [-0.3, -0.25) is 0 Å². The number of aliphatic hydroxyl groups excluding tert-OH is 1. The summed E-state index contributed by atoms with van der Waals surface area (Å²) in [6.07, 6.45) is 3.61. The van der Waals surface area contributed by atoms with E-state index in [1.54, 1.807) is 19.2 Å². The molecule has 3 aromatic carbocycles. The summed E-state index contributed by atoms with van der Waals surface area (Å²) in [6, 6.07) is 7.51. The largest absolute Gasteiger partial charge is 0.502 e. The highest BCUT2D eigenvalue weighted by Crippen LogP contribution is 2.55. The average molecular weight is 518 g/mol. The Morgan fingerprint density at radius 2 is 1.58 bits per heavy atom. The third kappa shape index (κ3) is 3.40. The number of benzene rings is 3. The third-order valence-corrected chi connectivity index (χ3v) is 7.57. The van der Waals surface area contributed by atoms with E-state index in [1.807, 2.05) is 19.9 Å². The number of nitrogens with one attached hydrogen (secondary N) is 1. The SMILES string of the molecule is COc1cc(C2Oc3c(OC)cc4c([nH]c5c6c(c(C)cc54)OC(C)(C)C=C6)c3C2CO)cc(OC)c1O. The molecule has 1 aromatic heterocycles. The first-order chi connectivity index (χ1) is 18.2. The number of hydrogen-bond acceptors (Lipinski definition) is 7. The lowest BCUT2D eigenvalue weighted by atomic mass is 9.89. The summed E-state index contributed by atoms with van der Waals surface area (Å²) in [6.45, 7) is 5.96. The molecule has 2 atom stereocenters. The Bertz CT molecular complexity index is 1610. The van der Waals surface area contributed by atoms with Gasteiger partial charge in [0.2, 0.25) is 5.75 Å². The molecule has 3 heterocycles. The molecule has 6 rings (SSSR count). The van der Waals surface area contributed by atoms with Crippen LogP contribution in [0.4, 0.5) is 0 Å². The van der Waals surface area contributed by atoms with Crippen LogP contribution in [0.5, 0.6) is 34.5 Å². The van der Waals surface area contributed by atoms with E-state index in [2.05, 4.69) is 30.1 Å². The first kappa shape index (κ1) is 24.3. The van der Waals surface area contributed by atoms with Crippen LogP contribution in [0, 0.1) is 6.92 Å². The smallest absolute Gasteiger partial charge is 0.200 e. The number of aromatic hydroxyl groups is 1. The highest BCUT2D eigenvalue weighted by Gasteiger charge is 2.41. The summed E-state index contributed by atoms with van der Waals surface area (Å²) in [5, 5.41) is 23.1. The van der Waals surface area contributed by atoms with Crippen molar-refractivity contribution in [1.82, 2.24) is 4.98 Å². The normalized spacial score (nSPS) is 19.1. The number of phenols is 1. The molecule has 8 nitrogen and oxygen atoms in total. The first-order valence-corrected chi connectivity index (χ1v) is 12.5. The van der Waals surface area contributed by atoms with Crippen LogP contribution in [0.25, 0.3) is 27.9 Å². The molecule has 198 valence electrons. The van der Waals surface area contributed by atoms with E-state index in [0.29, 0.717) is 17.1 Å². The fraction of sp³-hybridized carbons (Fsp3) is 0.333. The second-order valence-electron chi connectivity index (χ2n) is 10.4. The minimum atomic E-state index is -0.566. The van der Waals surface area contributed by atoms with Gasteiger partial charge in [-0.1, -0.05) is 0 Å². The van der Waals surface area contributed by atoms with Crippen LogP contribution in [0.3, 0.4) is 0 Å². The predicted molar refractivity (Wildman–Crippen MR) is 145 cm³/mol. The van der Waals surface area contributed by atoms with Gasteiger partial charge in [0.1, 0.15) is 17.5 Å². The van der Waals surface area contributed by atoms with Gasteiger partial charge in [-0.15, -0.1) is 0 Å². The molecule has 0 saturated carbocycles. The Morgan fingerprint density at radius 1 is 0.921 bits per heavy atom. The van der Waals surface area contributed by atoms with E-state index in [-0.39, 0.29) is 23.9 Å². The number of aromatic nitrogens is 1. The first-order valence-electron chi connectivity index (χ1n) is 12.5. The van der Waals surface area contributed by atoms with E-state index < -0.39 is 17.6 Å². The van der Waals surface area contributed by atoms with Crippen LogP contribution in [0.15, 0.2) is 30.3 Å². The maximum Gasteiger partial charge on any atom is 0.200 e. The van der Waals surface area contributed by atoms with E-state index >= 15 is 0 Å². The number of methoxy groups -OCH3 is 3. The number of aromatic amines is 1. The minimum Gasteiger partial charge on any atom is -0.502 e. The molecular weight excluding hydrogens is 486 g/mol. The summed E-state index contributed by atoms with van der Waals surface area (Å²) in [5.74, 6) is 2.01. The Labute approximate surface area is 220 Å². The number of phenolic OH excluding ortho intramolecular Hbond substituents is 1. The predicted octanol–water partition coefficient (Wildman–Crippen LogP) is 5.75. The molecule has 0 saturated heterocycles. The van der Waals surface area contributed by atoms with Gasteiger partial charge in [-0.2, -0.15) is 0 Å². The molecule has 2 unspecified atom stereocenters. The monoisotopic (exact) mass is 517 g/mol. The van der Waals surface area contributed by atoms with E-state index in [0.717, 1.165) is 44.2 Å². The van der Waals surface area contributed by atoms with Crippen molar-refractivity contribution in [3.8, 4) is 34.5 Å². The van der Waals surface area contributed by atoms with Gasteiger partial charge < -0.3 is 38.9 Å². The van der Waals surface area contributed by atoms with Gasteiger partial charge in [0.05, 0.1) is 44.9 Å². The lowest BCUT2D eigenvalue weighted by Gasteiger charge is -2.29. The second-order valence-corrected chi connectivity index (χ2v) is 10.4. The standard InChI is InChI=1S/C30H31NO7/c1-14-9-17-18-12-22(36-6)29-23(25(18)31-24(17)16-7-8-30(2,3)38-27(14)16)19(13-32)28(37-29)15-10-20(34-4)26(33)21(11-15)35-5/h7-12,19,28,31-33H,13H2,1-6H3. The fourth-order valence-corrected chi connectivity index (χ4v) is 5.73. The number of rotatable bonds is 5. The number of aliphatic hydroxyl groups is 1. The Kier molecular flexibility index (Phi) is 5.43. The summed E-state index contributed by atoms with van der Waals surface area (Å²) in [7, 11) is 4.56. The van der Waals surface area contributed by atoms with E-state index in [9.17, 15) is 10.2 Å². The molecule has 2 aliphatic rings. The van der Waals surface area contributed by atoms with Gasteiger partial charge in [0.15, 0.2) is 23.0 Å². The highest BCUT2D eigenvalue weighted by atomic mass is 16.5. The lowest BCUT2D eigenvalue weighted by molar-refractivity contribution is 0.156. The van der Waals surface area contributed by atoms with Crippen LogP contribution < -0.4 is 23.7 Å². The van der Waals surface area contributed by atoms with Crippen molar-refractivity contribution in [2.75, 3.05) is 27.9 Å². The van der Waals surface area contributed by atoms with E-state index in [1.165, 1.54) is 14.2 Å². The van der Waals surface area contributed by atoms with Crippen molar-refractivity contribution in [3.05, 3.63) is 52.6 Å². The molecule has 38 heavy (non-hydrogen) atoms. The number of aryl methyl sites for hydroxylation is 1. The zero-order chi connectivity index (χ0) is 26.9. The number of ether oxygens (including phenoxy) is 5. The lowest BCUT2D eigenvalue weighted by Crippen LogP contribution is -2.28. The van der Waals surface area contributed by atoms with Crippen LogP contribution in [-0.2, 0) is 0 Å². The number of fused-ring (bicyclic) bond motifs is 7. The summed E-state index contributed by atoms with van der Waals surface area (Å²) < 4.78 is 29.3. The zero-order valence-electron chi connectivity index (χ0n) is 22.3. The molecule has 0 aliphatic carbocycles. The van der Waals surface area contributed by atoms with Gasteiger partial charge in [-0.25, -0.2) is 0 Å². The molecular formula is C30H31NO7. The number of hydrogen-bond donors (Lipinski definition) is 3. The molecule has 0 spiro atoms. The van der Waals surface area contributed by atoms with Gasteiger partial charge in [0.25, 0.3) is 0 Å². The van der Waals surface area contributed by atoms with Gasteiger partial charge in [-0.05, 0) is 62.8 Å². The molecule has 4 aromatic rings. The quantitative estimate of drug-likeness (QED) is 0.310. The molecule has 8 heteroatoms. The summed E-state index contributed by atoms with van der Waals surface area (Å²) in [4.78, 5) is 3.64. The Morgan fingerprint density at radius 3 is 2.21 bits per heavy atom. The van der Waals surface area contributed by atoms with Crippen LogP contribution in [-0.4, -0.2) is 48.7 Å². The molecule has 0 fully saturated rings. The fourth-order valence-electron chi connectivity index (χ4n) is 5.73. The van der Waals surface area contributed by atoms with Crippen molar-refractivity contribution < 1.29 is 33.9 Å².